The van der Waals surface area contributed by atoms with Gasteiger partial charge in [0.1, 0.15) is 13.2 Å². The fourth-order valence-corrected chi connectivity index (χ4v) is 10.2. The highest BCUT2D eigenvalue weighted by molar-refractivity contribution is 7.45. The van der Waals surface area contributed by atoms with Crippen LogP contribution in [0.25, 0.3) is 0 Å². The Kier molecular flexibility index (Phi) is 51.5. The van der Waals surface area contributed by atoms with Gasteiger partial charge in [0.05, 0.1) is 39.9 Å². The number of quaternary nitrogens is 1. The molecule has 0 fully saturated rings. The van der Waals surface area contributed by atoms with Gasteiger partial charge in [-0.25, -0.2) is 0 Å². The van der Waals surface area contributed by atoms with Gasteiger partial charge < -0.3 is 28.8 Å². The predicted octanol–water partition coefficient (Wildman–Crippen LogP) is 18.0. The molecule has 0 rings (SSSR count). The number of hydrogen-bond donors (Lipinski definition) is 2. The summed E-state index contributed by atoms with van der Waals surface area (Å²) in [7, 11) is 1.32. The molecule has 0 aromatic rings. The van der Waals surface area contributed by atoms with Crippen LogP contribution < -0.4 is 10.2 Å². The van der Waals surface area contributed by atoms with Crippen LogP contribution >= 0.6 is 7.82 Å². The number of carbonyl (C=O) groups is 1. The summed E-state index contributed by atoms with van der Waals surface area (Å²) in [6.45, 7) is 4.76. The number of hydrogen-bond acceptors (Lipinski definition) is 6. The van der Waals surface area contributed by atoms with Gasteiger partial charge in [0.2, 0.25) is 5.91 Å². The summed E-state index contributed by atoms with van der Waals surface area (Å²) in [5.74, 6) is -0.159. The van der Waals surface area contributed by atoms with E-state index in [0.717, 1.165) is 38.5 Å². The van der Waals surface area contributed by atoms with E-state index in [2.05, 4.69) is 31.3 Å². The number of nitrogens with one attached hydrogen (secondary N) is 1. The van der Waals surface area contributed by atoms with E-state index in [-0.39, 0.29) is 19.1 Å². The van der Waals surface area contributed by atoms with Crippen LogP contribution in [0, 0.1) is 0 Å². The zero-order chi connectivity index (χ0) is 50.6. The Morgan fingerprint density at radius 2 is 0.797 bits per heavy atom. The van der Waals surface area contributed by atoms with Gasteiger partial charge in [-0.05, 0) is 38.5 Å². The van der Waals surface area contributed by atoms with Crippen molar-refractivity contribution in [1.82, 2.24) is 5.32 Å². The number of aliphatic hydroxyl groups is 1. The third kappa shape index (κ3) is 54.8. The molecule has 0 bridgehead atoms. The van der Waals surface area contributed by atoms with Crippen molar-refractivity contribution in [3.05, 3.63) is 12.2 Å². The third-order valence-corrected chi connectivity index (χ3v) is 15.2. The summed E-state index contributed by atoms with van der Waals surface area (Å²) in [5.41, 5.74) is 0. The Labute approximate surface area is 431 Å². The number of amides is 1. The monoisotopic (exact) mass is 997 g/mol. The van der Waals surface area contributed by atoms with Gasteiger partial charge in [0.15, 0.2) is 0 Å². The molecular formula is C60H121N2O6P. The summed E-state index contributed by atoms with van der Waals surface area (Å²) in [4.78, 5) is 25.5. The molecule has 0 radical (unpaired) electrons. The van der Waals surface area contributed by atoms with Crippen LogP contribution in [0.3, 0.4) is 0 Å². The van der Waals surface area contributed by atoms with Crippen molar-refractivity contribution in [3.63, 3.8) is 0 Å². The van der Waals surface area contributed by atoms with Gasteiger partial charge in [-0.3, -0.25) is 9.36 Å². The topological polar surface area (TPSA) is 108 Å². The lowest BCUT2D eigenvalue weighted by atomic mass is 10.0. The number of nitrogens with zero attached hydrogens (tertiary/aromatic N) is 1. The molecule has 69 heavy (non-hydrogen) atoms. The SMILES string of the molecule is CCCCCCCCCCCCCC/C=C\CCCCCCCCCCCCCCCCCCCC(=O)NC(COP(=O)([O-])OCC[N+](C)(C)C)C(O)CCCCCCCCCCCCCCCC. The minimum absolute atomic E-state index is 0.0153. The van der Waals surface area contributed by atoms with Crippen LogP contribution in [0.1, 0.15) is 316 Å². The molecule has 3 unspecified atom stereocenters. The fourth-order valence-electron chi connectivity index (χ4n) is 9.45. The first kappa shape index (κ1) is 68.2. The summed E-state index contributed by atoms with van der Waals surface area (Å²) >= 11 is 0. The Hall–Kier alpha value is -0.760. The molecule has 3 atom stereocenters. The van der Waals surface area contributed by atoms with Gasteiger partial charge in [0.25, 0.3) is 7.82 Å². The smallest absolute Gasteiger partial charge is 0.268 e. The highest BCUT2D eigenvalue weighted by Crippen LogP contribution is 2.38. The molecule has 0 aliphatic heterocycles. The van der Waals surface area contributed by atoms with E-state index in [1.165, 1.54) is 250 Å². The zero-order valence-corrected chi connectivity index (χ0v) is 47.9. The second-order valence-electron chi connectivity index (χ2n) is 22.4. The van der Waals surface area contributed by atoms with Gasteiger partial charge in [-0.1, -0.05) is 283 Å². The molecule has 0 aliphatic rings. The van der Waals surface area contributed by atoms with Gasteiger partial charge in [-0.15, -0.1) is 0 Å². The minimum Gasteiger partial charge on any atom is -0.756 e. The first-order valence-electron chi connectivity index (χ1n) is 30.5. The molecule has 0 saturated heterocycles. The molecule has 2 N–H and O–H groups in total. The lowest BCUT2D eigenvalue weighted by Gasteiger charge is -2.30. The number of carbonyl (C=O) groups excluding carboxylic acids is 1. The molecule has 412 valence electrons. The standard InChI is InChI=1S/C60H121N2O6P/c1-6-8-10-12-14-16-18-20-22-23-24-25-26-27-28-29-30-31-32-33-34-35-36-37-38-39-40-42-44-46-48-50-52-54-60(64)61-58(57-68-69(65,66)67-56-55-62(3,4)5)59(63)53-51-49-47-45-43-41-21-19-17-15-13-11-9-7-2/h27-28,58-59,63H,6-26,29-57H2,1-5H3,(H-,61,64,65,66)/b28-27-. The first-order valence-corrected chi connectivity index (χ1v) is 32.0. The molecule has 0 aromatic carbocycles. The Morgan fingerprint density at radius 3 is 1.13 bits per heavy atom. The van der Waals surface area contributed by atoms with E-state index in [9.17, 15) is 19.4 Å². The summed E-state index contributed by atoms with van der Waals surface area (Å²) < 4.78 is 23.4. The predicted molar refractivity (Wildman–Crippen MR) is 298 cm³/mol. The Morgan fingerprint density at radius 1 is 0.493 bits per heavy atom. The minimum atomic E-state index is -4.57. The van der Waals surface area contributed by atoms with Gasteiger partial charge in [-0.2, -0.15) is 0 Å². The third-order valence-electron chi connectivity index (χ3n) is 14.3. The number of likely N-dealkylation sites (N-methyl/N-ethyl adjacent to an activating group) is 1. The maximum Gasteiger partial charge on any atom is 0.268 e. The molecule has 0 heterocycles. The molecule has 1 amide bonds. The van der Waals surface area contributed by atoms with Crippen LogP contribution in [0.15, 0.2) is 12.2 Å². The molecular weight excluding hydrogens is 876 g/mol. The van der Waals surface area contributed by atoms with E-state index in [1.54, 1.807) is 0 Å². The number of allylic oxidation sites excluding steroid dienone is 2. The molecule has 0 spiro atoms. The first-order chi connectivity index (χ1) is 33.5. The van der Waals surface area contributed by atoms with Crippen LogP contribution in [0.4, 0.5) is 0 Å². The zero-order valence-electron chi connectivity index (χ0n) is 47.0. The summed E-state index contributed by atoms with van der Waals surface area (Å²) in [5, 5.41) is 14.0. The average molecular weight is 998 g/mol. The van der Waals surface area contributed by atoms with Gasteiger partial charge in [0, 0.05) is 6.42 Å². The van der Waals surface area contributed by atoms with Crippen LogP contribution in [-0.4, -0.2) is 68.5 Å². The molecule has 0 aromatic heterocycles. The maximum atomic E-state index is 13.0. The number of phosphoric ester groups is 1. The lowest BCUT2D eigenvalue weighted by molar-refractivity contribution is -0.870. The fraction of sp³-hybridized carbons (Fsp3) is 0.950. The normalized spacial score (nSPS) is 13.9. The van der Waals surface area contributed by atoms with Crippen LogP contribution in [-0.2, 0) is 18.4 Å². The number of rotatable bonds is 57. The Balaban J connectivity index is 3.95. The van der Waals surface area contributed by atoms with E-state index >= 15 is 0 Å². The van der Waals surface area contributed by atoms with E-state index in [1.807, 2.05) is 21.1 Å². The maximum absolute atomic E-state index is 13.0. The van der Waals surface area contributed by atoms with Crippen molar-refractivity contribution >= 4 is 13.7 Å². The van der Waals surface area contributed by atoms with E-state index in [4.69, 9.17) is 9.05 Å². The largest absolute Gasteiger partial charge is 0.756 e. The number of aliphatic hydroxyl groups excluding tert-OH is 1. The van der Waals surface area contributed by atoms with Crippen LogP contribution in [0.5, 0.6) is 0 Å². The Bertz CT molecular complexity index is 1130. The highest BCUT2D eigenvalue weighted by Gasteiger charge is 2.24. The van der Waals surface area contributed by atoms with Crippen molar-refractivity contribution in [2.45, 2.75) is 328 Å². The van der Waals surface area contributed by atoms with Crippen molar-refractivity contribution < 1.29 is 32.9 Å². The second kappa shape index (κ2) is 52.1. The van der Waals surface area contributed by atoms with Crippen molar-refractivity contribution in [1.29, 1.82) is 0 Å². The number of phosphoric acid groups is 1. The molecule has 0 aliphatic carbocycles. The average Bonchev–Trinajstić information content (AvgIpc) is 3.31. The lowest BCUT2D eigenvalue weighted by Crippen LogP contribution is -2.46. The van der Waals surface area contributed by atoms with E-state index in [0.29, 0.717) is 23.9 Å². The van der Waals surface area contributed by atoms with Gasteiger partial charge >= 0.3 is 0 Å². The molecule has 0 saturated carbocycles. The van der Waals surface area contributed by atoms with Crippen LogP contribution in [0.2, 0.25) is 0 Å². The van der Waals surface area contributed by atoms with E-state index < -0.39 is 20.0 Å². The van der Waals surface area contributed by atoms with Crippen molar-refractivity contribution in [2.75, 3.05) is 40.9 Å². The van der Waals surface area contributed by atoms with Crippen molar-refractivity contribution in [2.24, 2.45) is 0 Å². The molecule has 8 nitrogen and oxygen atoms in total. The quantitative estimate of drug-likeness (QED) is 0.0272. The number of unbranched alkanes of at least 4 members (excludes halogenated alkanes) is 42. The van der Waals surface area contributed by atoms with Crippen molar-refractivity contribution in [3.8, 4) is 0 Å². The molecule has 9 heteroatoms. The summed E-state index contributed by atoms with van der Waals surface area (Å²) in [6, 6.07) is -0.796. The summed E-state index contributed by atoms with van der Waals surface area (Å²) in [6.07, 6.45) is 64.1. The second-order valence-corrected chi connectivity index (χ2v) is 23.8. The highest BCUT2D eigenvalue weighted by atomic mass is 31.2.